The van der Waals surface area contributed by atoms with Crippen molar-refractivity contribution in [3.63, 3.8) is 0 Å². The highest BCUT2D eigenvalue weighted by atomic mass is 19.1. The summed E-state index contributed by atoms with van der Waals surface area (Å²) >= 11 is 0. The van der Waals surface area contributed by atoms with Crippen LogP contribution in [0.2, 0.25) is 0 Å². The van der Waals surface area contributed by atoms with E-state index >= 15 is 0 Å². The second-order valence-electron chi connectivity index (χ2n) is 14.0. The lowest BCUT2D eigenvalue weighted by atomic mass is 9.87. The van der Waals surface area contributed by atoms with Crippen molar-refractivity contribution < 1.29 is 18.7 Å². The number of ether oxygens (including phenoxy) is 2. The molecule has 3 atom stereocenters. The Balaban J connectivity index is 1.21. The van der Waals surface area contributed by atoms with E-state index in [1.165, 1.54) is 17.3 Å². The smallest absolute Gasteiger partial charge is 0.320 e. The Morgan fingerprint density at radius 1 is 1.07 bits per heavy atom. The van der Waals surface area contributed by atoms with Gasteiger partial charge in [0, 0.05) is 36.7 Å². The normalized spacial score (nSPS) is 21.4. The first-order valence-electron chi connectivity index (χ1n) is 16.6. The molecule has 2 aromatic carbocycles. The van der Waals surface area contributed by atoms with Gasteiger partial charge in [-0.15, -0.1) is 0 Å². The number of benzene rings is 2. The van der Waals surface area contributed by atoms with E-state index in [0.717, 1.165) is 75.3 Å². The lowest BCUT2D eigenvalue weighted by molar-refractivity contribution is -0.151. The summed E-state index contributed by atoms with van der Waals surface area (Å²) in [6.45, 7) is 12.5. The van der Waals surface area contributed by atoms with E-state index < -0.39 is 0 Å². The minimum Gasteiger partial charge on any atom is -0.497 e. The van der Waals surface area contributed by atoms with Crippen LogP contribution in [-0.2, 0) is 22.5 Å². The number of hydrogen-bond donors (Lipinski definition) is 0. The molecule has 1 saturated carbocycles. The molecule has 244 valence electrons. The predicted molar refractivity (Wildman–Crippen MR) is 176 cm³/mol. The molecule has 1 aliphatic carbocycles. The first-order chi connectivity index (χ1) is 21.5. The van der Waals surface area contributed by atoms with Crippen molar-refractivity contribution in [3.05, 3.63) is 82.9 Å². The van der Waals surface area contributed by atoms with Gasteiger partial charge in [0.1, 0.15) is 17.7 Å². The van der Waals surface area contributed by atoms with E-state index in [4.69, 9.17) is 14.6 Å². The number of aromatic nitrogens is 2. The number of methoxy groups -OCH3 is 1. The summed E-state index contributed by atoms with van der Waals surface area (Å²) in [5, 5.41) is 4.95. The summed E-state index contributed by atoms with van der Waals surface area (Å²) in [4.78, 5) is 17.4. The fraction of sp³-hybridized carbons (Fsp3) is 0.568. The average Bonchev–Trinajstić information content (AvgIpc) is 3.60. The van der Waals surface area contributed by atoms with Crippen molar-refractivity contribution in [1.82, 2.24) is 19.6 Å². The van der Waals surface area contributed by atoms with Gasteiger partial charge >= 0.3 is 5.97 Å². The second kappa shape index (κ2) is 14.5. The number of likely N-dealkylation sites (tertiary alicyclic amines) is 1. The molecule has 3 aromatic rings. The average molecular weight is 619 g/mol. The van der Waals surface area contributed by atoms with Gasteiger partial charge in [0.2, 0.25) is 0 Å². The third kappa shape index (κ3) is 8.53. The van der Waals surface area contributed by atoms with Crippen molar-refractivity contribution in [2.45, 2.75) is 89.8 Å². The van der Waals surface area contributed by atoms with E-state index in [0.29, 0.717) is 11.8 Å². The quantitative estimate of drug-likeness (QED) is 0.224. The summed E-state index contributed by atoms with van der Waals surface area (Å²) < 4.78 is 27.8. The van der Waals surface area contributed by atoms with E-state index in [2.05, 4.69) is 55.5 Å². The van der Waals surface area contributed by atoms with E-state index in [1.54, 1.807) is 19.2 Å². The maximum atomic E-state index is 14.3. The number of esters is 1. The maximum absolute atomic E-state index is 14.3. The number of hydrogen-bond acceptors (Lipinski definition) is 6. The van der Waals surface area contributed by atoms with Gasteiger partial charge in [0.15, 0.2) is 0 Å². The molecule has 45 heavy (non-hydrogen) atoms. The van der Waals surface area contributed by atoms with Gasteiger partial charge in [0.05, 0.1) is 19.3 Å². The predicted octanol–water partition coefficient (Wildman–Crippen LogP) is 6.66. The van der Waals surface area contributed by atoms with Crippen molar-refractivity contribution in [2.75, 3.05) is 40.3 Å². The van der Waals surface area contributed by atoms with Crippen LogP contribution in [0, 0.1) is 11.7 Å². The monoisotopic (exact) mass is 618 g/mol. The van der Waals surface area contributed by atoms with Crippen LogP contribution in [-0.4, -0.2) is 77.5 Å². The third-order valence-electron chi connectivity index (χ3n) is 9.94. The molecular formula is C37H51FN4O3. The first-order valence-corrected chi connectivity index (χ1v) is 16.6. The van der Waals surface area contributed by atoms with Crippen LogP contribution >= 0.6 is 0 Å². The molecule has 2 aliphatic rings. The number of likely N-dealkylation sites (N-methyl/N-ethyl adjacent to an activating group) is 1. The van der Waals surface area contributed by atoms with Gasteiger partial charge in [-0.3, -0.25) is 14.4 Å². The SMILES string of the molecule is CCn1nc(Cc2ccc(OC)cc2)cc1C1CCN(C[C@H]2C[C@H](OC(=O)CN(C)C(C)(C)C)C[C@@H]2c2cccc(F)c2)CC1. The molecule has 0 N–H and O–H groups in total. The lowest BCUT2D eigenvalue weighted by Gasteiger charge is -2.35. The van der Waals surface area contributed by atoms with Crippen LogP contribution in [0.3, 0.4) is 0 Å². The zero-order chi connectivity index (χ0) is 32.1. The van der Waals surface area contributed by atoms with Crippen LogP contribution in [0.4, 0.5) is 4.39 Å². The number of halogens is 1. The van der Waals surface area contributed by atoms with Crippen LogP contribution in [0.1, 0.15) is 87.7 Å². The summed E-state index contributed by atoms with van der Waals surface area (Å²) in [6.07, 6.45) is 4.38. The molecule has 2 fully saturated rings. The highest BCUT2D eigenvalue weighted by Crippen LogP contribution is 2.42. The van der Waals surface area contributed by atoms with Crippen molar-refractivity contribution in [1.29, 1.82) is 0 Å². The van der Waals surface area contributed by atoms with Gasteiger partial charge in [0.25, 0.3) is 0 Å². The first kappa shape index (κ1) is 33.1. The molecule has 0 spiro atoms. The zero-order valence-electron chi connectivity index (χ0n) is 28.0. The van der Waals surface area contributed by atoms with Crippen molar-refractivity contribution in [3.8, 4) is 5.75 Å². The Labute approximate surface area is 268 Å². The maximum Gasteiger partial charge on any atom is 0.320 e. The fourth-order valence-corrected chi connectivity index (χ4v) is 7.02. The molecule has 1 aromatic heterocycles. The number of carbonyl (C=O) groups is 1. The van der Waals surface area contributed by atoms with E-state index in [-0.39, 0.29) is 35.9 Å². The van der Waals surface area contributed by atoms with Crippen molar-refractivity contribution >= 4 is 5.97 Å². The highest BCUT2D eigenvalue weighted by molar-refractivity contribution is 5.72. The molecule has 5 rings (SSSR count). The number of carbonyl (C=O) groups excluding carboxylic acids is 1. The number of piperidine rings is 1. The van der Waals surface area contributed by atoms with Crippen LogP contribution in [0.25, 0.3) is 0 Å². The highest BCUT2D eigenvalue weighted by Gasteiger charge is 2.39. The fourth-order valence-electron chi connectivity index (χ4n) is 7.02. The largest absolute Gasteiger partial charge is 0.497 e. The number of nitrogens with zero attached hydrogens (tertiary/aromatic N) is 4. The van der Waals surface area contributed by atoms with Gasteiger partial charge in [-0.1, -0.05) is 24.3 Å². The third-order valence-corrected chi connectivity index (χ3v) is 9.94. The Hall–Kier alpha value is -3.23. The second-order valence-corrected chi connectivity index (χ2v) is 14.0. The van der Waals surface area contributed by atoms with Crippen LogP contribution in [0.15, 0.2) is 54.6 Å². The van der Waals surface area contributed by atoms with Gasteiger partial charge in [-0.2, -0.15) is 5.10 Å². The van der Waals surface area contributed by atoms with Gasteiger partial charge in [-0.25, -0.2) is 4.39 Å². The summed E-state index contributed by atoms with van der Waals surface area (Å²) in [7, 11) is 3.64. The summed E-state index contributed by atoms with van der Waals surface area (Å²) in [6, 6.07) is 17.5. The Morgan fingerprint density at radius 2 is 1.80 bits per heavy atom. The van der Waals surface area contributed by atoms with Crippen molar-refractivity contribution in [2.24, 2.45) is 5.92 Å². The van der Waals surface area contributed by atoms with Crippen LogP contribution in [0.5, 0.6) is 5.75 Å². The molecule has 2 heterocycles. The Morgan fingerprint density at radius 3 is 2.44 bits per heavy atom. The molecule has 1 saturated heterocycles. The summed E-state index contributed by atoms with van der Waals surface area (Å²) in [5.41, 5.74) is 4.58. The molecule has 0 unspecified atom stereocenters. The molecule has 0 amide bonds. The molecular weight excluding hydrogens is 567 g/mol. The minimum atomic E-state index is -0.210. The minimum absolute atomic E-state index is 0.111. The standard InChI is InChI=1S/C37H51FN4O3/c1-7-42-35(22-31(39-42)19-26-11-13-32(44-6)14-12-26)27-15-17-41(18-16-27)24-29-21-33(45-36(43)25-40(5)37(2,3)4)23-34(29)28-9-8-10-30(38)20-28/h8-14,20,22,27,29,33-34H,7,15-19,21,23-25H2,1-6H3/t29-,33+,34-/m1/s1. The molecule has 0 bridgehead atoms. The molecule has 8 heteroatoms. The summed E-state index contributed by atoms with van der Waals surface area (Å²) in [5.74, 6) is 1.42. The zero-order valence-corrected chi connectivity index (χ0v) is 28.0. The topological polar surface area (TPSA) is 59.8 Å². The van der Waals surface area contributed by atoms with E-state index in [9.17, 15) is 9.18 Å². The number of aryl methyl sites for hydroxylation is 1. The molecule has 0 radical (unpaired) electrons. The molecule has 7 nitrogen and oxygen atoms in total. The van der Waals surface area contributed by atoms with Gasteiger partial charge < -0.3 is 14.4 Å². The number of rotatable bonds is 11. The Kier molecular flexibility index (Phi) is 10.7. The van der Waals surface area contributed by atoms with Gasteiger partial charge in [-0.05, 0) is 127 Å². The Bertz CT molecular complexity index is 1410. The van der Waals surface area contributed by atoms with E-state index in [1.807, 2.05) is 30.1 Å². The molecule has 1 aliphatic heterocycles. The van der Waals surface area contributed by atoms with Crippen LogP contribution < -0.4 is 4.74 Å². The lowest BCUT2D eigenvalue weighted by Crippen LogP contribution is -2.42.